The summed E-state index contributed by atoms with van der Waals surface area (Å²) in [7, 11) is 0. The molecule has 0 aliphatic carbocycles. The van der Waals surface area contributed by atoms with Gasteiger partial charge in [0.05, 0.1) is 6.20 Å². The smallest absolute Gasteiger partial charge is 0.154 e. The summed E-state index contributed by atoms with van der Waals surface area (Å²) in [5, 5.41) is 13.3. The van der Waals surface area contributed by atoms with Gasteiger partial charge in [-0.15, -0.1) is 0 Å². The molecule has 21 heavy (non-hydrogen) atoms. The van der Waals surface area contributed by atoms with Gasteiger partial charge < -0.3 is 4.57 Å². The Morgan fingerprint density at radius 3 is 2.48 bits per heavy atom. The maximum atomic E-state index is 9.14. The second-order valence-corrected chi connectivity index (χ2v) is 6.31. The second kappa shape index (κ2) is 4.78. The molecule has 4 heteroatoms. The molecule has 0 radical (unpaired) electrons. The van der Waals surface area contributed by atoms with Crippen LogP contribution >= 0.6 is 0 Å². The third-order valence-electron chi connectivity index (χ3n) is 3.72. The number of benzene rings is 1. The number of hydrogen-bond donors (Lipinski definition) is 0. The third-order valence-corrected chi connectivity index (χ3v) is 3.72. The van der Waals surface area contributed by atoms with Crippen molar-refractivity contribution in [1.29, 1.82) is 5.26 Å². The Hall–Kier alpha value is -2.54. The Kier molecular flexibility index (Phi) is 3.06. The van der Waals surface area contributed by atoms with Crippen LogP contribution in [0.1, 0.15) is 37.5 Å². The summed E-state index contributed by atoms with van der Waals surface area (Å²) in [6.45, 7) is 7.37. The molecule has 0 saturated heterocycles. The molecular formula is C17H18N4. The molecule has 0 unspecified atom stereocenters. The highest BCUT2D eigenvalue weighted by Crippen LogP contribution is 2.22. The van der Waals surface area contributed by atoms with Crippen molar-refractivity contribution < 1.29 is 0 Å². The molecule has 1 aromatic carbocycles. The van der Waals surface area contributed by atoms with Crippen molar-refractivity contribution in [2.24, 2.45) is 0 Å². The van der Waals surface area contributed by atoms with Crippen LogP contribution in [-0.2, 0) is 12.0 Å². The minimum Gasteiger partial charge on any atom is -0.326 e. The molecule has 0 bridgehead atoms. The molecule has 0 amide bonds. The number of hydrogen-bond acceptors (Lipinski definition) is 2. The zero-order chi connectivity index (χ0) is 15.0. The number of imidazole rings is 1. The maximum Gasteiger partial charge on any atom is 0.154 e. The molecule has 0 spiro atoms. The molecule has 106 valence electrons. The Morgan fingerprint density at radius 2 is 1.86 bits per heavy atom. The lowest BCUT2D eigenvalue weighted by atomic mass is 9.87. The van der Waals surface area contributed by atoms with Gasteiger partial charge in [-0.25, -0.2) is 4.52 Å². The molecule has 2 heterocycles. The Morgan fingerprint density at radius 1 is 1.14 bits per heavy atom. The summed E-state index contributed by atoms with van der Waals surface area (Å²) >= 11 is 0. The van der Waals surface area contributed by atoms with Crippen molar-refractivity contribution in [3.8, 4) is 6.07 Å². The highest BCUT2D eigenvalue weighted by Gasteiger charge is 2.13. The number of fused-ring (bicyclic) bond motifs is 1. The number of rotatable bonds is 2. The number of nitrogens with zero attached hydrogens (tertiary/aromatic N) is 4. The summed E-state index contributed by atoms with van der Waals surface area (Å²) in [5.74, 6) is 0. The highest BCUT2D eigenvalue weighted by molar-refractivity contribution is 5.55. The van der Waals surface area contributed by atoms with Crippen LogP contribution < -0.4 is 0 Å². The first-order valence-corrected chi connectivity index (χ1v) is 7.01. The predicted octanol–water partition coefficient (Wildman–Crippen LogP) is 3.35. The first-order chi connectivity index (χ1) is 9.99. The van der Waals surface area contributed by atoms with Crippen molar-refractivity contribution in [3.63, 3.8) is 0 Å². The zero-order valence-corrected chi connectivity index (χ0v) is 12.5. The molecule has 0 N–H and O–H groups in total. The Labute approximate surface area is 124 Å². The Balaban J connectivity index is 1.92. The van der Waals surface area contributed by atoms with Crippen LogP contribution in [0.5, 0.6) is 0 Å². The predicted molar refractivity (Wildman–Crippen MR) is 82.1 cm³/mol. The first kappa shape index (κ1) is 13.4. The largest absolute Gasteiger partial charge is 0.326 e. The van der Waals surface area contributed by atoms with Gasteiger partial charge in [-0.05, 0) is 16.5 Å². The van der Waals surface area contributed by atoms with Crippen molar-refractivity contribution in [3.05, 3.63) is 59.5 Å². The van der Waals surface area contributed by atoms with Crippen LogP contribution in [0.2, 0.25) is 0 Å². The SMILES string of the molecule is CC(C)(C)c1ccc(Cn2ccn3ncc(C#N)c23)cc1. The van der Waals surface area contributed by atoms with E-state index in [2.05, 4.69) is 60.8 Å². The summed E-state index contributed by atoms with van der Waals surface area (Å²) in [5.41, 5.74) is 4.15. The standard InChI is InChI=1S/C17H18N4/c1-17(2,3)15-6-4-13(5-7-15)12-20-8-9-21-16(20)14(10-18)11-19-21/h4-9,11H,12H2,1-3H3. The van der Waals surface area contributed by atoms with Gasteiger partial charge in [-0.2, -0.15) is 10.4 Å². The van der Waals surface area contributed by atoms with Crippen molar-refractivity contribution >= 4 is 5.65 Å². The topological polar surface area (TPSA) is 46.0 Å². The number of nitriles is 1. The summed E-state index contributed by atoms with van der Waals surface area (Å²) in [6, 6.07) is 10.8. The molecule has 3 aromatic rings. The molecule has 4 nitrogen and oxygen atoms in total. The minimum absolute atomic E-state index is 0.165. The molecule has 0 atom stereocenters. The van der Waals surface area contributed by atoms with Gasteiger partial charge >= 0.3 is 0 Å². The van der Waals surface area contributed by atoms with Crippen molar-refractivity contribution in [1.82, 2.24) is 14.2 Å². The van der Waals surface area contributed by atoms with Gasteiger partial charge in [0, 0.05) is 18.9 Å². The van der Waals surface area contributed by atoms with E-state index < -0.39 is 0 Å². The second-order valence-electron chi connectivity index (χ2n) is 6.31. The van der Waals surface area contributed by atoms with E-state index in [0.29, 0.717) is 5.56 Å². The quantitative estimate of drug-likeness (QED) is 0.721. The van der Waals surface area contributed by atoms with Gasteiger partial charge in [0.2, 0.25) is 0 Å². The molecule has 0 aliphatic rings. The fourth-order valence-electron chi connectivity index (χ4n) is 2.48. The third kappa shape index (κ3) is 2.43. The van der Waals surface area contributed by atoms with E-state index >= 15 is 0 Å². The van der Waals surface area contributed by atoms with E-state index in [1.54, 1.807) is 10.7 Å². The molecule has 0 fully saturated rings. The fraction of sp³-hybridized carbons (Fsp3) is 0.294. The summed E-state index contributed by atoms with van der Waals surface area (Å²) in [4.78, 5) is 0. The average Bonchev–Trinajstić information content (AvgIpc) is 3.01. The van der Waals surface area contributed by atoms with Crippen LogP contribution in [0.3, 0.4) is 0 Å². The Bertz CT molecular complexity index is 807. The summed E-state index contributed by atoms with van der Waals surface area (Å²) in [6.07, 6.45) is 5.44. The highest BCUT2D eigenvalue weighted by atomic mass is 15.3. The normalized spacial score (nSPS) is 11.7. The minimum atomic E-state index is 0.165. The summed E-state index contributed by atoms with van der Waals surface area (Å²) < 4.78 is 3.79. The van der Waals surface area contributed by atoms with E-state index in [4.69, 9.17) is 5.26 Å². The van der Waals surface area contributed by atoms with Gasteiger partial charge in [0.25, 0.3) is 0 Å². The van der Waals surface area contributed by atoms with Crippen LogP contribution in [0.25, 0.3) is 5.65 Å². The van der Waals surface area contributed by atoms with Crippen LogP contribution in [0, 0.1) is 11.3 Å². The van der Waals surface area contributed by atoms with E-state index in [1.807, 2.05) is 12.4 Å². The lowest BCUT2D eigenvalue weighted by molar-refractivity contribution is 0.590. The van der Waals surface area contributed by atoms with Gasteiger partial charge in [0.1, 0.15) is 11.6 Å². The molecule has 3 rings (SSSR count). The van der Waals surface area contributed by atoms with Gasteiger partial charge in [0.15, 0.2) is 5.65 Å². The lowest BCUT2D eigenvalue weighted by Gasteiger charge is -2.19. The fourth-order valence-corrected chi connectivity index (χ4v) is 2.48. The van der Waals surface area contributed by atoms with Crippen molar-refractivity contribution in [2.45, 2.75) is 32.7 Å². The molecule has 2 aromatic heterocycles. The van der Waals surface area contributed by atoms with Gasteiger partial charge in [-0.3, -0.25) is 0 Å². The zero-order valence-electron chi connectivity index (χ0n) is 12.5. The van der Waals surface area contributed by atoms with Crippen LogP contribution in [-0.4, -0.2) is 14.2 Å². The maximum absolute atomic E-state index is 9.14. The lowest BCUT2D eigenvalue weighted by Crippen LogP contribution is -2.11. The van der Waals surface area contributed by atoms with Crippen LogP contribution in [0.15, 0.2) is 42.9 Å². The average molecular weight is 278 g/mol. The van der Waals surface area contributed by atoms with Gasteiger partial charge in [-0.1, -0.05) is 45.0 Å². The van der Waals surface area contributed by atoms with Crippen LogP contribution in [0.4, 0.5) is 0 Å². The monoisotopic (exact) mass is 278 g/mol. The molecule has 0 saturated carbocycles. The first-order valence-electron chi connectivity index (χ1n) is 7.01. The van der Waals surface area contributed by atoms with E-state index in [0.717, 1.165) is 12.2 Å². The molecule has 0 aliphatic heterocycles. The van der Waals surface area contributed by atoms with Crippen molar-refractivity contribution in [2.75, 3.05) is 0 Å². The van der Waals surface area contributed by atoms with E-state index in [-0.39, 0.29) is 5.41 Å². The van der Waals surface area contributed by atoms with E-state index in [9.17, 15) is 0 Å². The van der Waals surface area contributed by atoms with E-state index in [1.165, 1.54) is 11.1 Å². The molecular weight excluding hydrogens is 260 g/mol. The number of aromatic nitrogens is 3.